The van der Waals surface area contributed by atoms with E-state index in [0.29, 0.717) is 28.7 Å². The normalized spacial score (nSPS) is 13.9. The SMILES string of the molecule is CC(C)Cn1ncc(C(=O)Nc2ccc(CC(=O)O)cc2)c1C1CC1. The highest BCUT2D eigenvalue weighted by molar-refractivity contribution is 6.05. The van der Waals surface area contributed by atoms with Crippen molar-refractivity contribution in [3.8, 4) is 0 Å². The minimum Gasteiger partial charge on any atom is -0.481 e. The number of rotatable bonds is 7. The zero-order valence-electron chi connectivity index (χ0n) is 14.5. The molecule has 6 heteroatoms. The average Bonchev–Trinajstić information content (AvgIpc) is 3.29. The van der Waals surface area contributed by atoms with Crippen molar-refractivity contribution in [2.75, 3.05) is 5.32 Å². The Kier molecular flexibility index (Phi) is 4.88. The maximum Gasteiger partial charge on any atom is 0.307 e. The molecule has 0 bridgehead atoms. The molecule has 2 N–H and O–H groups in total. The van der Waals surface area contributed by atoms with Gasteiger partial charge in [-0.15, -0.1) is 0 Å². The van der Waals surface area contributed by atoms with Crippen LogP contribution in [0.5, 0.6) is 0 Å². The first kappa shape index (κ1) is 17.2. The van der Waals surface area contributed by atoms with Crippen molar-refractivity contribution in [1.82, 2.24) is 9.78 Å². The van der Waals surface area contributed by atoms with E-state index in [1.807, 2.05) is 4.68 Å². The van der Waals surface area contributed by atoms with Crippen LogP contribution in [-0.2, 0) is 17.8 Å². The number of hydrogen-bond donors (Lipinski definition) is 2. The Bertz CT molecular complexity index is 774. The van der Waals surface area contributed by atoms with Crippen molar-refractivity contribution >= 4 is 17.6 Å². The van der Waals surface area contributed by atoms with Crippen molar-refractivity contribution in [2.45, 2.75) is 45.6 Å². The van der Waals surface area contributed by atoms with Gasteiger partial charge >= 0.3 is 5.97 Å². The Morgan fingerprint density at radius 2 is 1.96 bits per heavy atom. The molecule has 1 amide bonds. The van der Waals surface area contributed by atoms with E-state index in [-0.39, 0.29) is 12.3 Å². The number of aliphatic carboxylic acids is 1. The third-order valence-corrected chi connectivity index (χ3v) is 4.19. The molecule has 2 aromatic rings. The zero-order valence-corrected chi connectivity index (χ0v) is 14.5. The molecule has 3 rings (SSSR count). The lowest BCUT2D eigenvalue weighted by Gasteiger charge is -2.11. The van der Waals surface area contributed by atoms with E-state index in [4.69, 9.17) is 5.11 Å². The Morgan fingerprint density at radius 3 is 2.52 bits per heavy atom. The molecule has 1 aliphatic rings. The van der Waals surface area contributed by atoms with Crippen LogP contribution in [-0.4, -0.2) is 26.8 Å². The third-order valence-electron chi connectivity index (χ3n) is 4.19. The molecule has 0 spiro atoms. The summed E-state index contributed by atoms with van der Waals surface area (Å²) in [5.74, 6) is -0.138. The van der Waals surface area contributed by atoms with Gasteiger partial charge in [0.1, 0.15) is 0 Å². The van der Waals surface area contributed by atoms with Gasteiger partial charge in [0.25, 0.3) is 5.91 Å². The standard InChI is InChI=1S/C19H23N3O3/c1-12(2)11-22-18(14-5-6-14)16(10-20-22)19(25)21-15-7-3-13(4-8-15)9-17(23)24/h3-4,7-8,10,12,14H,5-6,9,11H2,1-2H3,(H,21,25)(H,23,24). The van der Waals surface area contributed by atoms with Gasteiger partial charge in [-0.1, -0.05) is 26.0 Å². The smallest absolute Gasteiger partial charge is 0.307 e. The molecule has 1 fully saturated rings. The van der Waals surface area contributed by atoms with Gasteiger partial charge in [-0.25, -0.2) is 0 Å². The molecule has 1 aromatic carbocycles. The van der Waals surface area contributed by atoms with Crippen molar-refractivity contribution in [3.05, 3.63) is 47.3 Å². The number of carbonyl (C=O) groups is 2. The van der Waals surface area contributed by atoms with E-state index in [1.165, 1.54) is 0 Å². The molecule has 0 aliphatic heterocycles. The first-order valence-electron chi connectivity index (χ1n) is 8.62. The average molecular weight is 341 g/mol. The van der Waals surface area contributed by atoms with E-state index in [2.05, 4.69) is 24.3 Å². The predicted octanol–water partition coefficient (Wildman–Crippen LogP) is 3.30. The summed E-state index contributed by atoms with van der Waals surface area (Å²) in [6.07, 6.45) is 3.84. The molecule has 25 heavy (non-hydrogen) atoms. The van der Waals surface area contributed by atoms with E-state index >= 15 is 0 Å². The van der Waals surface area contributed by atoms with Crippen LogP contribution >= 0.6 is 0 Å². The molecule has 0 radical (unpaired) electrons. The van der Waals surface area contributed by atoms with Gasteiger partial charge < -0.3 is 10.4 Å². The van der Waals surface area contributed by atoms with Gasteiger partial charge in [0.05, 0.1) is 23.9 Å². The first-order valence-corrected chi connectivity index (χ1v) is 8.62. The number of nitrogens with one attached hydrogen (secondary N) is 1. The largest absolute Gasteiger partial charge is 0.481 e. The number of carboxylic acid groups (broad SMARTS) is 1. The summed E-state index contributed by atoms with van der Waals surface area (Å²) >= 11 is 0. The molecule has 6 nitrogen and oxygen atoms in total. The van der Waals surface area contributed by atoms with Gasteiger partial charge in [-0.3, -0.25) is 14.3 Å². The van der Waals surface area contributed by atoms with Gasteiger partial charge in [0.15, 0.2) is 0 Å². The first-order chi connectivity index (χ1) is 11.9. The fourth-order valence-corrected chi connectivity index (χ4v) is 2.93. The highest BCUT2D eigenvalue weighted by atomic mass is 16.4. The van der Waals surface area contributed by atoms with Crippen LogP contribution in [0.2, 0.25) is 0 Å². The van der Waals surface area contributed by atoms with Crippen molar-refractivity contribution in [2.24, 2.45) is 5.92 Å². The minimum absolute atomic E-state index is 0.0258. The van der Waals surface area contributed by atoms with Crippen molar-refractivity contribution < 1.29 is 14.7 Å². The quantitative estimate of drug-likeness (QED) is 0.809. The summed E-state index contributed by atoms with van der Waals surface area (Å²) in [6, 6.07) is 6.89. The van der Waals surface area contributed by atoms with Crippen LogP contribution in [0.3, 0.4) is 0 Å². The molecule has 1 aromatic heterocycles. The summed E-state index contributed by atoms with van der Waals surface area (Å²) in [6.45, 7) is 5.08. The van der Waals surface area contributed by atoms with Crippen LogP contribution in [0, 0.1) is 5.92 Å². The highest BCUT2D eigenvalue weighted by Crippen LogP contribution is 2.42. The van der Waals surface area contributed by atoms with Gasteiger partial charge in [-0.2, -0.15) is 5.10 Å². The molecule has 0 saturated heterocycles. The molecule has 1 aliphatic carbocycles. The lowest BCUT2D eigenvalue weighted by atomic mass is 10.1. The van der Waals surface area contributed by atoms with Crippen molar-refractivity contribution in [1.29, 1.82) is 0 Å². The molecular weight excluding hydrogens is 318 g/mol. The number of benzene rings is 1. The van der Waals surface area contributed by atoms with Crippen LogP contribution < -0.4 is 5.32 Å². The van der Waals surface area contributed by atoms with E-state index in [1.54, 1.807) is 30.5 Å². The van der Waals surface area contributed by atoms with Crippen LogP contribution in [0.4, 0.5) is 5.69 Å². The number of nitrogens with zero attached hydrogens (tertiary/aromatic N) is 2. The van der Waals surface area contributed by atoms with E-state index in [0.717, 1.165) is 25.1 Å². The summed E-state index contributed by atoms with van der Waals surface area (Å²) in [5, 5.41) is 16.1. The summed E-state index contributed by atoms with van der Waals surface area (Å²) < 4.78 is 1.97. The van der Waals surface area contributed by atoms with Crippen LogP contribution in [0.25, 0.3) is 0 Å². The van der Waals surface area contributed by atoms with E-state index < -0.39 is 5.97 Å². The number of anilines is 1. The lowest BCUT2D eigenvalue weighted by molar-refractivity contribution is -0.136. The topological polar surface area (TPSA) is 84.2 Å². The number of hydrogen-bond acceptors (Lipinski definition) is 3. The number of amides is 1. The third kappa shape index (κ3) is 4.26. The summed E-state index contributed by atoms with van der Waals surface area (Å²) in [7, 11) is 0. The summed E-state index contributed by atoms with van der Waals surface area (Å²) in [5.41, 5.74) is 3.03. The van der Waals surface area contributed by atoms with Gasteiger partial charge in [0, 0.05) is 18.2 Å². The number of aromatic nitrogens is 2. The number of carboxylic acids is 1. The van der Waals surface area contributed by atoms with Crippen LogP contribution in [0.15, 0.2) is 30.5 Å². The fraction of sp³-hybridized carbons (Fsp3) is 0.421. The zero-order chi connectivity index (χ0) is 18.0. The maximum atomic E-state index is 12.7. The minimum atomic E-state index is -0.872. The molecule has 1 heterocycles. The second kappa shape index (κ2) is 7.09. The molecule has 0 atom stereocenters. The predicted molar refractivity (Wildman–Crippen MR) is 94.8 cm³/mol. The molecule has 1 saturated carbocycles. The maximum absolute atomic E-state index is 12.7. The second-order valence-electron chi connectivity index (χ2n) is 7.02. The highest BCUT2D eigenvalue weighted by Gasteiger charge is 2.32. The summed E-state index contributed by atoms with van der Waals surface area (Å²) in [4.78, 5) is 23.4. The van der Waals surface area contributed by atoms with Crippen LogP contribution in [0.1, 0.15) is 54.2 Å². The van der Waals surface area contributed by atoms with Gasteiger partial charge in [-0.05, 0) is 36.5 Å². The Hall–Kier alpha value is -2.63. The Balaban J connectivity index is 1.75. The fourth-order valence-electron chi connectivity index (χ4n) is 2.93. The molecule has 0 unspecified atom stereocenters. The Morgan fingerprint density at radius 1 is 1.28 bits per heavy atom. The number of carbonyl (C=O) groups excluding carboxylic acids is 1. The van der Waals surface area contributed by atoms with Crippen molar-refractivity contribution in [3.63, 3.8) is 0 Å². The lowest BCUT2D eigenvalue weighted by Crippen LogP contribution is -2.15. The second-order valence-corrected chi connectivity index (χ2v) is 7.02. The molecular formula is C19H23N3O3. The molecule has 132 valence electrons. The Labute approximate surface area is 146 Å². The monoisotopic (exact) mass is 341 g/mol. The van der Waals surface area contributed by atoms with E-state index in [9.17, 15) is 9.59 Å². The van der Waals surface area contributed by atoms with Gasteiger partial charge in [0.2, 0.25) is 0 Å².